The molecule has 0 aliphatic rings. The molecule has 4 nitrogen and oxygen atoms in total. The van der Waals surface area contributed by atoms with Crippen LogP contribution in [0.2, 0.25) is 0 Å². The summed E-state index contributed by atoms with van der Waals surface area (Å²) in [5.74, 6) is 0.833. The van der Waals surface area contributed by atoms with Crippen LogP contribution >= 0.6 is 12.4 Å². The molecule has 0 saturated heterocycles. The molecular weight excluding hydrogens is 324 g/mol. The van der Waals surface area contributed by atoms with E-state index in [1.54, 1.807) is 0 Å². The van der Waals surface area contributed by atoms with Crippen LogP contribution in [0.1, 0.15) is 12.8 Å². The van der Waals surface area contributed by atoms with E-state index in [4.69, 9.17) is 4.74 Å². The van der Waals surface area contributed by atoms with Gasteiger partial charge in [0.2, 0.25) is 5.91 Å². The minimum Gasteiger partial charge on any atom is -0.492 e. The third-order valence-corrected chi connectivity index (χ3v) is 3.48. The number of carbonyl (C=O) groups excluding carboxylic acids is 1. The van der Waals surface area contributed by atoms with Crippen LogP contribution in [0.4, 0.5) is 0 Å². The predicted octanol–water partition coefficient (Wildman–Crippen LogP) is 3.27. The molecule has 0 fully saturated rings. The van der Waals surface area contributed by atoms with E-state index in [-0.39, 0.29) is 18.3 Å². The van der Waals surface area contributed by atoms with Crippen LogP contribution in [0.5, 0.6) is 5.75 Å². The standard InChI is InChI=1S/C19H24N2O2.ClH/c1-20-13-7-14-21-19(22)12-15-23-18-11-6-5-10-17(18)16-8-3-2-4-9-16;/h2-6,8-11,20H,7,12-15H2,1H3,(H,21,22);1H. The first kappa shape index (κ1) is 20.0. The zero-order chi connectivity index (χ0) is 16.3. The first-order valence-corrected chi connectivity index (χ1v) is 8.00. The number of hydrogen-bond donors (Lipinski definition) is 2. The number of amides is 1. The number of ether oxygens (including phenoxy) is 1. The highest BCUT2D eigenvalue weighted by Gasteiger charge is 2.06. The van der Waals surface area contributed by atoms with Gasteiger partial charge in [-0.3, -0.25) is 4.79 Å². The molecule has 1 amide bonds. The summed E-state index contributed by atoms with van der Waals surface area (Å²) < 4.78 is 5.82. The van der Waals surface area contributed by atoms with Crippen molar-refractivity contribution in [3.8, 4) is 16.9 Å². The molecule has 0 atom stereocenters. The lowest BCUT2D eigenvalue weighted by molar-refractivity contribution is -0.121. The molecule has 5 heteroatoms. The second kappa shape index (κ2) is 11.5. The molecule has 2 aromatic rings. The van der Waals surface area contributed by atoms with Gasteiger partial charge < -0.3 is 15.4 Å². The fourth-order valence-electron chi connectivity index (χ4n) is 2.28. The lowest BCUT2D eigenvalue weighted by Crippen LogP contribution is -2.27. The Kier molecular flexibility index (Phi) is 9.58. The lowest BCUT2D eigenvalue weighted by Gasteiger charge is -2.11. The SMILES string of the molecule is CNCCCNC(=O)CCOc1ccccc1-c1ccccc1.Cl. The molecule has 0 unspecified atom stereocenters. The van der Waals surface area contributed by atoms with Gasteiger partial charge in [0.1, 0.15) is 5.75 Å². The third kappa shape index (κ3) is 6.60. The minimum atomic E-state index is 0. The Balaban J connectivity index is 0.00000288. The number of nitrogens with one attached hydrogen (secondary N) is 2. The van der Waals surface area contributed by atoms with Crippen LogP contribution in [0.15, 0.2) is 54.6 Å². The monoisotopic (exact) mass is 348 g/mol. The first-order chi connectivity index (χ1) is 11.3. The number of rotatable bonds is 9. The van der Waals surface area contributed by atoms with E-state index in [0.717, 1.165) is 29.8 Å². The van der Waals surface area contributed by atoms with Crippen molar-refractivity contribution in [3.63, 3.8) is 0 Å². The molecule has 2 rings (SSSR count). The fourth-order valence-corrected chi connectivity index (χ4v) is 2.28. The molecule has 0 heterocycles. The van der Waals surface area contributed by atoms with Crippen molar-refractivity contribution < 1.29 is 9.53 Å². The summed E-state index contributed by atoms with van der Waals surface area (Å²) in [6.45, 7) is 1.98. The van der Waals surface area contributed by atoms with Crippen LogP contribution in [0.25, 0.3) is 11.1 Å². The molecule has 0 spiro atoms. The third-order valence-electron chi connectivity index (χ3n) is 3.48. The molecule has 0 radical (unpaired) electrons. The number of benzene rings is 2. The van der Waals surface area contributed by atoms with Gasteiger partial charge in [0.25, 0.3) is 0 Å². The van der Waals surface area contributed by atoms with Gasteiger partial charge in [-0.05, 0) is 31.6 Å². The Hall–Kier alpha value is -2.04. The summed E-state index contributed by atoms with van der Waals surface area (Å²) in [5, 5.41) is 5.94. The van der Waals surface area contributed by atoms with Crippen LogP contribution in [-0.2, 0) is 4.79 Å². The van der Waals surface area contributed by atoms with Crippen molar-refractivity contribution >= 4 is 18.3 Å². The molecular formula is C19H25ClN2O2. The number of carbonyl (C=O) groups is 1. The van der Waals surface area contributed by atoms with E-state index in [9.17, 15) is 4.79 Å². The average molecular weight is 349 g/mol. The molecule has 0 aliphatic carbocycles. The molecule has 24 heavy (non-hydrogen) atoms. The first-order valence-electron chi connectivity index (χ1n) is 8.00. The van der Waals surface area contributed by atoms with Crippen molar-refractivity contribution in [2.75, 3.05) is 26.7 Å². The summed E-state index contributed by atoms with van der Waals surface area (Å²) in [5.41, 5.74) is 2.15. The van der Waals surface area contributed by atoms with Crippen molar-refractivity contribution in [2.24, 2.45) is 0 Å². The Morgan fingerprint density at radius 3 is 2.46 bits per heavy atom. The molecule has 0 aliphatic heterocycles. The van der Waals surface area contributed by atoms with Crippen LogP contribution in [0, 0.1) is 0 Å². The van der Waals surface area contributed by atoms with E-state index in [0.29, 0.717) is 19.6 Å². The van der Waals surface area contributed by atoms with E-state index in [2.05, 4.69) is 22.8 Å². The fraction of sp³-hybridized carbons (Fsp3) is 0.316. The van der Waals surface area contributed by atoms with Gasteiger partial charge >= 0.3 is 0 Å². The number of para-hydroxylation sites is 1. The molecule has 0 bridgehead atoms. The van der Waals surface area contributed by atoms with Gasteiger partial charge in [-0.2, -0.15) is 0 Å². The summed E-state index contributed by atoms with van der Waals surface area (Å²) >= 11 is 0. The maximum absolute atomic E-state index is 11.7. The number of halogens is 1. The Morgan fingerprint density at radius 2 is 1.71 bits per heavy atom. The van der Waals surface area contributed by atoms with Crippen molar-refractivity contribution in [1.29, 1.82) is 0 Å². The second-order valence-corrected chi connectivity index (χ2v) is 5.27. The van der Waals surface area contributed by atoms with E-state index < -0.39 is 0 Å². The largest absolute Gasteiger partial charge is 0.492 e. The van der Waals surface area contributed by atoms with Gasteiger partial charge in [-0.25, -0.2) is 0 Å². The maximum Gasteiger partial charge on any atom is 0.223 e. The predicted molar refractivity (Wildman–Crippen MR) is 101 cm³/mol. The molecule has 130 valence electrons. The highest BCUT2D eigenvalue weighted by molar-refractivity contribution is 5.85. The minimum absolute atomic E-state index is 0. The lowest BCUT2D eigenvalue weighted by atomic mass is 10.1. The van der Waals surface area contributed by atoms with E-state index in [1.165, 1.54) is 0 Å². The van der Waals surface area contributed by atoms with Gasteiger partial charge in [0.05, 0.1) is 13.0 Å². The van der Waals surface area contributed by atoms with Crippen molar-refractivity contribution in [1.82, 2.24) is 10.6 Å². The molecule has 0 saturated carbocycles. The summed E-state index contributed by atoms with van der Waals surface area (Å²) in [6, 6.07) is 18.0. The highest BCUT2D eigenvalue weighted by atomic mass is 35.5. The highest BCUT2D eigenvalue weighted by Crippen LogP contribution is 2.29. The molecule has 2 N–H and O–H groups in total. The van der Waals surface area contributed by atoms with Crippen molar-refractivity contribution in [2.45, 2.75) is 12.8 Å². The van der Waals surface area contributed by atoms with Gasteiger partial charge in [-0.15, -0.1) is 12.4 Å². The topological polar surface area (TPSA) is 50.4 Å². The molecule has 2 aromatic carbocycles. The smallest absolute Gasteiger partial charge is 0.223 e. The Labute approximate surface area is 150 Å². The number of hydrogen-bond acceptors (Lipinski definition) is 3. The van der Waals surface area contributed by atoms with Gasteiger partial charge in [0, 0.05) is 12.1 Å². The van der Waals surface area contributed by atoms with Crippen molar-refractivity contribution in [3.05, 3.63) is 54.6 Å². The van der Waals surface area contributed by atoms with Crippen LogP contribution in [0.3, 0.4) is 0 Å². The van der Waals surface area contributed by atoms with E-state index in [1.807, 2.05) is 49.5 Å². The second-order valence-electron chi connectivity index (χ2n) is 5.27. The molecule has 0 aromatic heterocycles. The summed E-state index contributed by atoms with van der Waals surface area (Å²) in [4.78, 5) is 11.7. The van der Waals surface area contributed by atoms with Gasteiger partial charge in [-0.1, -0.05) is 48.5 Å². The normalized spacial score (nSPS) is 9.88. The van der Waals surface area contributed by atoms with Gasteiger partial charge in [0.15, 0.2) is 0 Å². The van der Waals surface area contributed by atoms with E-state index >= 15 is 0 Å². The van der Waals surface area contributed by atoms with Crippen LogP contribution < -0.4 is 15.4 Å². The zero-order valence-electron chi connectivity index (χ0n) is 14.0. The maximum atomic E-state index is 11.7. The average Bonchev–Trinajstić information content (AvgIpc) is 2.60. The summed E-state index contributed by atoms with van der Waals surface area (Å²) in [7, 11) is 1.90. The zero-order valence-corrected chi connectivity index (χ0v) is 14.8. The Bertz CT molecular complexity index is 605. The van der Waals surface area contributed by atoms with Crippen LogP contribution in [-0.4, -0.2) is 32.7 Å². The Morgan fingerprint density at radius 1 is 1.00 bits per heavy atom. The summed E-state index contributed by atoms with van der Waals surface area (Å²) in [6.07, 6.45) is 1.29. The quantitative estimate of drug-likeness (QED) is 0.684.